The highest BCUT2D eigenvalue weighted by molar-refractivity contribution is 5.43. The second-order valence-electron chi connectivity index (χ2n) is 5.19. The number of nitrogens with zero attached hydrogens (tertiary/aromatic N) is 1. The number of hydrogen-bond donors (Lipinski definition) is 1. The van der Waals surface area contributed by atoms with Crippen molar-refractivity contribution in [1.82, 2.24) is 4.98 Å². The van der Waals surface area contributed by atoms with Gasteiger partial charge in [-0.15, -0.1) is 0 Å². The Bertz CT molecular complexity index is 597. The number of aromatic nitrogens is 1. The Morgan fingerprint density at radius 3 is 2.79 bits per heavy atom. The van der Waals surface area contributed by atoms with Crippen molar-refractivity contribution in [2.75, 3.05) is 0 Å². The minimum Gasteiger partial charge on any atom is -0.318 e. The van der Waals surface area contributed by atoms with Gasteiger partial charge in [-0.1, -0.05) is 30.7 Å². The number of aryl methyl sites for hydroxylation is 1. The minimum absolute atomic E-state index is 0.318. The highest BCUT2D eigenvalue weighted by Crippen LogP contribution is 2.38. The van der Waals surface area contributed by atoms with E-state index in [-0.39, 0.29) is 5.82 Å². The Labute approximate surface area is 112 Å². The van der Waals surface area contributed by atoms with Gasteiger partial charge in [-0.05, 0) is 36.5 Å². The first-order valence-corrected chi connectivity index (χ1v) is 6.69. The first kappa shape index (κ1) is 12.3. The monoisotopic (exact) mass is 256 g/mol. The summed E-state index contributed by atoms with van der Waals surface area (Å²) < 4.78 is 14.1. The first-order chi connectivity index (χ1) is 9.22. The SMILES string of the molecule is NC1(c2ccncc2F)CCCCc2ccccc21. The predicted octanol–water partition coefficient (Wildman–Crippen LogP) is 3.15. The lowest BCUT2D eigenvalue weighted by Gasteiger charge is -2.31. The van der Waals surface area contributed by atoms with E-state index in [1.165, 1.54) is 11.8 Å². The molecule has 0 radical (unpaired) electrons. The van der Waals surface area contributed by atoms with E-state index in [9.17, 15) is 4.39 Å². The topological polar surface area (TPSA) is 38.9 Å². The van der Waals surface area contributed by atoms with Crippen molar-refractivity contribution >= 4 is 0 Å². The number of hydrogen-bond acceptors (Lipinski definition) is 2. The van der Waals surface area contributed by atoms with Crippen molar-refractivity contribution < 1.29 is 4.39 Å². The van der Waals surface area contributed by atoms with Crippen LogP contribution in [-0.2, 0) is 12.0 Å². The molecule has 2 aromatic rings. The molecule has 1 aromatic heterocycles. The Hall–Kier alpha value is -1.74. The number of fused-ring (bicyclic) bond motifs is 1. The van der Waals surface area contributed by atoms with Gasteiger partial charge in [-0.3, -0.25) is 4.98 Å². The maximum atomic E-state index is 14.1. The van der Waals surface area contributed by atoms with E-state index in [4.69, 9.17) is 5.73 Å². The summed E-state index contributed by atoms with van der Waals surface area (Å²) >= 11 is 0. The molecule has 1 aromatic carbocycles. The summed E-state index contributed by atoms with van der Waals surface area (Å²) in [6.07, 6.45) is 6.75. The van der Waals surface area contributed by atoms with Crippen LogP contribution in [0.3, 0.4) is 0 Å². The molecule has 2 N–H and O–H groups in total. The zero-order chi connectivity index (χ0) is 13.3. The molecule has 1 aliphatic rings. The second kappa shape index (κ2) is 4.74. The Morgan fingerprint density at radius 1 is 1.11 bits per heavy atom. The van der Waals surface area contributed by atoms with Crippen LogP contribution < -0.4 is 5.73 Å². The van der Waals surface area contributed by atoms with Gasteiger partial charge >= 0.3 is 0 Å². The second-order valence-corrected chi connectivity index (χ2v) is 5.19. The molecule has 0 saturated carbocycles. The summed E-state index contributed by atoms with van der Waals surface area (Å²) in [7, 11) is 0. The Morgan fingerprint density at radius 2 is 1.95 bits per heavy atom. The van der Waals surface area contributed by atoms with Gasteiger partial charge in [-0.25, -0.2) is 4.39 Å². The maximum absolute atomic E-state index is 14.1. The molecule has 0 saturated heterocycles. The molecule has 1 unspecified atom stereocenters. The van der Waals surface area contributed by atoms with Crippen LogP contribution in [0.1, 0.15) is 36.0 Å². The van der Waals surface area contributed by atoms with Gasteiger partial charge in [0, 0.05) is 11.8 Å². The molecule has 0 spiro atoms. The van der Waals surface area contributed by atoms with Crippen LogP contribution in [0.15, 0.2) is 42.7 Å². The normalized spacial score (nSPS) is 22.6. The standard InChI is InChI=1S/C16H17FN2/c17-15-11-19-10-8-14(15)16(18)9-4-3-6-12-5-1-2-7-13(12)16/h1-2,5,7-8,10-11H,3-4,6,9,18H2. The summed E-state index contributed by atoms with van der Waals surface area (Å²) in [6.45, 7) is 0. The first-order valence-electron chi connectivity index (χ1n) is 6.69. The van der Waals surface area contributed by atoms with E-state index in [1.54, 1.807) is 12.3 Å². The summed E-state index contributed by atoms with van der Waals surface area (Å²) in [4.78, 5) is 3.82. The minimum atomic E-state index is -0.736. The number of rotatable bonds is 1. The molecule has 1 aliphatic carbocycles. The largest absolute Gasteiger partial charge is 0.318 e. The van der Waals surface area contributed by atoms with Gasteiger partial charge in [0.05, 0.1) is 11.7 Å². The third-order valence-corrected chi connectivity index (χ3v) is 4.02. The summed E-state index contributed by atoms with van der Waals surface area (Å²) in [6, 6.07) is 9.83. The van der Waals surface area contributed by atoms with Crippen LogP contribution in [0.4, 0.5) is 4.39 Å². The third-order valence-electron chi connectivity index (χ3n) is 4.02. The zero-order valence-corrected chi connectivity index (χ0v) is 10.8. The number of benzene rings is 1. The van der Waals surface area contributed by atoms with Crippen LogP contribution in [0.25, 0.3) is 0 Å². The molecule has 19 heavy (non-hydrogen) atoms. The quantitative estimate of drug-likeness (QED) is 0.796. The molecule has 0 aliphatic heterocycles. The highest BCUT2D eigenvalue weighted by Gasteiger charge is 2.34. The Balaban J connectivity index is 2.20. The van der Waals surface area contributed by atoms with Gasteiger partial charge in [0.25, 0.3) is 0 Å². The molecule has 1 atom stereocenters. The maximum Gasteiger partial charge on any atom is 0.146 e. The smallest absolute Gasteiger partial charge is 0.146 e. The molecule has 1 heterocycles. The van der Waals surface area contributed by atoms with Crippen LogP contribution in [-0.4, -0.2) is 4.98 Å². The van der Waals surface area contributed by atoms with E-state index in [2.05, 4.69) is 11.1 Å². The van der Waals surface area contributed by atoms with E-state index in [0.29, 0.717) is 5.56 Å². The fourth-order valence-electron chi connectivity index (χ4n) is 3.04. The average molecular weight is 256 g/mol. The third kappa shape index (κ3) is 2.04. The van der Waals surface area contributed by atoms with Crippen LogP contribution in [0, 0.1) is 5.82 Å². The van der Waals surface area contributed by atoms with Crippen molar-refractivity contribution in [3.8, 4) is 0 Å². The van der Waals surface area contributed by atoms with E-state index in [1.807, 2.05) is 18.2 Å². The van der Waals surface area contributed by atoms with E-state index in [0.717, 1.165) is 31.2 Å². The van der Waals surface area contributed by atoms with Gasteiger partial charge in [-0.2, -0.15) is 0 Å². The summed E-state index contributed by atoms with van der Waals surface area (Å²) in [5.74, 6) is -0.318. The molecule has 0 bridgehead atoms. The number of pyridine rings is 1. The predicted molar refractivity (Wildman–Crippen MR) is 73.2 cm³/mol. The van der Waals surface area contributed by atoms with Crippen LogP contribution in [0.2, 0.25) is 0 Å². The highest BCUT2D eigenvalue weighted by atomic mass is 19.1. The fraction of sp³-hybridized carbons (Fsp3) is 0.312. The van der Waals surface area contributed by atoms with Gasteiger partial charge in [0.1, 0.15) is 5.82 Å². The number of halogens is 1. The molecule has 98 valence electrons. The van der Waals surface area contributed by atoms with Crippen LogP contribution in [0.5, 0.6) is 0 Å². The van der Waals surface area contributed by atoms with Crippen molar-refractivity contribution in [2.45, 2.75) is 31.2 Å². The van der Waals surface area contributed by atoms with Gasteiger partial charge in [0.15, 0.2) is 0 Å². The van der Waals surface area contributed by atoms with Gasteiger partial charge in [0.2, 0.25) is 0 Å². The molecule has 0 fully saturated rings. The lowest BCUT2D eigenvalue weighted by atomic mass is 9.79. The van der Waals surface area contributed by atoms with Gasteiger partial charge < -0.3 is 5.73 Å². The van der Waals surface area contributed by atoms with E-state index >= 15 is 0 Å². The van der Waals surface area contributed by atoms with Crippen LogP contribution >= 0.6 is 0 Å². The molecule has 0 amide bonds. The fourth-order valence-corrected chi connectivity index (χ4v) is 3.04. The van der Waals surface area contributed by atoms with Crippen molar-refractivity contribution in [3.63, 3.8) is 0 Å². The van der Waals surface area contributed by atoms with Crippen molar-refractivity contribution in [2.24, 2.45) is 5.73 Å². The lowest BCUT2D eigenvalue weighted by molar-refractivity contribution is 0.450. The molecular weight excluding hydrogens is 239 g/mol. The molecule has 3 heteroatoms. The van der Waals surface area contributed by atoms with E-state index < -0.39 is 5.54 Å². The summed E-state index contributed by atoms with van der Waals surface area (Å²) in [5.41, 5.74) is 8.73. The van der Waals surface area contributed by atoms with Crippen molar-refractivity contribution in [3.05, 3.63) is 65.2 Å². The number of nitrogens with two attached hydrogens (primary N) is 1. The average Bonchev–Trinajstić information content (AvgIpc) is 2.60. The molecule has 2 nitrogen and oxygen atoms in total. The zero-order valence-electron chi connectivity index (χ0n) is 10.8. The Kier molecular flexibility index (Phi) is 3.07. The van der Waals surface area contributed by atoms with Crippen molar-refractivity contribution in [1.29, 1.82) is 0 Å². The lowest BCUT2D eigenvalue weighted by Crippen LogP contribution is -2.39. The molecular formula is C16H17FN2. The summed E-state index contributed by atoms with van der Waals surface area (Å²) in [5, 5.41) is 0. The molecule has 3 rings (SSSR count).